The molecule has 0 bridgehead atoms. The predicted octanol–water partition coefficient (Wildman–Crippen LogP) is 0.606. The second kappa shape index (κ2) is 10.7. The van der Waals surface area contributed by atoms with Crippen LogP contribution in [-0.4, -0.2) is 77.1 Å². The number of benzene rings is 1. The summed E-state index contributed by atoms with van der Waals surface area (Å²) < 4.78 is 4.78. The van der Waals surface area contributed by atoms with Crippen molar-refractivity contribution in [1.82, 2.24) is 20.4 Å². The van der Waals surface area contributed by atoms with Crippen molar-refractivity contribution in [3.63, 3.8) is 0 Å². The Labute approximate surface area is 208 Å². The van der Waals surface area contributed by atoms with E-state index in [1.54, 1.807) is 26.0 Å². The van der Waals surface area contributed by atoms with Crippen molar-refractivity contribution in [2.45, 2.75) is 51.7 Å². The third-order valence-corrected chi connectivity index (χ3v) is 6.37. The van der Waals surface area contributed by atoms with Gasteiger partial charge < -0.3 is 20.3 Å². The van der Waals surface area contributed by atoms with Crippen LogP contribution in [0.3, 0.4) is 0 Å². The highest BCUT2D eigenvalue weighted by Gasteiger charge is 2.42. The summed E-state index contributed by atoms with van der Waals surface area (Å²) in [5.74, 6) is -4.10. The van der Waals surface area contributed by atoms with E-state index in [9.17, 15) is 28.8 Å². The molecule has 3 atom stereocenters. The van der Waals surface area contributed by atoms with E-state index in [2.05, 4.69) is 17.2 Å². The first-order valence-electron chi connectivity index (χ1n) is 11.6. The van der Waals surface area contributed by atoms with E-state index in [-0.39, 0.29) is 22.7 Å². The largest absolute Gasteiger partial charge is 0.467 e. The van der Waals surface area contributed by atoms with Crippen LogP contribution in [0.25, 0.3) is 0 Å². The number of likely N-dealkylation sites (tertiary alicyclic amines) is 1. The Balaban J connectivity index is 1.65. The highest BCUT2D eigenvalue weighted by atomic mass is 16.5. The van der Waals surface area contributed by atoms with Crippen molar-refractivity contribution in [2.24, 2.45) is 5.92 Å². The summed E-state index contributed by atoms with van der Waals surface area (Å²) in [6.07, 6.45) is 1.10. The van der Waals surface area contributed by atoms with Crippen molar-refractivity contribution in [1.29, 1.82) is 0 Å². The van der Waals surface area contributed by atoms with E-state index in [1.807, 2.05) is 0 Å². The fourth-order valence-corrected chi connectivity index (χ4v) is 4.32. The number of rotatable bonds is 8. The van der Waals surface area contributed by atoms with Gasteiger partial charge in [0.2, 0.25) is 11.8 Å². The standard InChI is InChI=1S/C25H30N4O7/c1-13(2)19(24(34)28-12-8-11-18(28)25(35)36-5)27-20(30)14(3)26-21(31)15(4)29-22(32)16-9-6-7-10-17(16)23(29)33/h6-7,9-10,13,15,18-19H,3,8,11-12H2,1-2,4-5H3,(H,26,31)(H,27,30)/t15-,18-,19?/m0/s1. The fourth-order valence-electron chi connectivity index (χ4n) is 4.32. The van der Waals surface area contributed by atoms with Crippen molar-refractivity contribution >= 4 is 35.5 Å². The third-order valence-electron chi connectivity index (χ3n) is 6.37. The average Bonchev–Trinajstić information content (AvgIpc) is 3.44. The molecule has 2 N–H and O–H groups in total. The molecule has 2 heterocycles. The van der Waals surface area contributed by atoms with Gasteiger partial charge in [-0.2, -0.15) is 0 Å². The lowest BCUT2D eigenvalue weighted by Gasteiger charge is -2.30. The Morgan fingerprint density at radius 1 is 1.06 bits per heavy atom. The molecule has 1 aromatic carbocycles. The molecule has 1 saturated heterocycles. The van der Waals surface area contributed by atoms with Gasteiger partial charge in [-0.15, -0.1) is 0 Å². The molecule has 2 aliphatic rings. The molecule has 36 heavy (non-hydrogen) atoms. The van der Waals surface area contributed by atoms with Crippen LogP contribution in [0.15, 0.2) is 36.5 Å². The molecule has 192 valence electrons. The maximum Gasteiger partial charge on any atom is 0.328 e. The number of nitrogens with zero attached hydrogens (tertiary/aromatic N) is 2. The van der Waals surface area contributed by atoms with Crippen LogP contribution >= 0.6 is 0 Å². The van der Waals surface area contributed by atoms with E-state index in [0.717, 1.165) is 4.90 Å². The summed E-state index contributed by atoms with van der Waals surface area (Å²) in [6, 6.07) is 3.32. The predicted molar refractivity (Wildman–Crippen MR) is 127 cm³/mol. The number of hydrogen-bond acceptors (Lipinski definition) is 7. The van der Waals surface area contributed by atoms with Crippen LogP contribution < -0.4 is 10.6 Å². The van der Waals surface area contributed by atoms with Crippen LogP contribution in [0.2, 0.25) is 0 Å². The molecule has 11 heteroatoms. The topological polar surface area (TPSA) is 142 Å². The summed E-state index contributed by atoms with van der Waals surface area (Å²) in [5, 5.41) is 4.89. The molecular weight excluding hydrogens is 468 g/mol. The molecule has 0 saturated carbocycles. The van der Waals surface area contributed by atoms with E-state index in [4.69, 9.17) is 4.74 Å². The number of carbonyl (C=O) groups excluding carboxylic acids is 6. The number of methoxy groups -OCH3 is 1. The maximum atomic E-state index is 13.2. The minimum atomic E-state index is -1.21. The van der Waals surface area contributed by atoms with Crippen LogP contribution in [0.5, 0.6) is 0 Å². The summed E-state index contributed by atoms with van der Waals surface area (Å²) >= 11 is 0. The van der Waals surface area contributed by atoms with Gasteiger partial charge in [-0.3, -0.25) is 28.9 Å². The molecule has 11 nitrogen and oxygen atoms in total. The lowest BCUT2D eigenvalue weighted by molar-refractivity contribution is -0.152. The molecule has 2 aliphatic heterocycles. The van der Waals surface area contributed by atoms with Gasteiger partial charge in [-0.05, 0) is 37.8 Å². The zero-order chi connectivity index (χ0) is 26.7. The van der Waals surface area contributed by atoms with E-state index >= 15 is 0 Å². The number of amides is 5. The number of carbonyl (C=O) groups is 6. The van der Waals surface area contributed by atoms with Gasteiger partial charge in [0.05, 0.1) is 23.9 Å². The Hall–Kier alpha value is -4.02. The summed E-state index contributed by atoms with van der Waals surface area (Å²) in [7, 11) is 1.25. The first-order valence-corrected chi connectivity index (χ1v) is 11.6. The zero-order valence-corrected chi connectivity index (χ0v) is 20.7. The molecule has 1 aromatic rings. The average molecular weight is 499 g/mol. The number of esters is 1. The Morgan fingerprint density at radius 2 is 1.64 bits per heavy atom. The Kier molecular flexibility index (Phi) is 7.91. The summed E-state index contributed by atoms with van der Waals surface area (Å²) in [5.41, 5.74) is 0.0428. The molecular formula is C25H30N4O7. The Morgan fingerprint density at radius 3 is 2.17 bits per heavy atom. The smallest absolute Gasteiger partial charge is 0.328 e. The van der Waals surface area contributed by atoms with Gasteiger partial charge in [0, 0.05) is 6.54 Å². The molecule has 3 rings (SSSR count). The number of fused-ring (bicyclic) bond motifs is 1. The van der Waals surface area contributed by atoms with Crippen LogP contribution in [0.1, 0.15) is 54.3 Å². The van der Waals surface area contributed by atoms with Crippen molar-refractivity contribution in [3.8, 4) is 0 Å². The zero-order valence-electron chi connectivity index (χ0n) is 20.7. The van der Waals surface area contributed by atoms with E-state index < -0.39 is 53.6 Å². The number of nitrogens with one attached hydrogen (secondary N) is 2. The van der Waals surface area contributed by atoms with E-state index in [0.29, 0.717) is 19.4 Å². The maximum absolute atomic E-state index is 13.2. The highest BCUT2D eigenvalue weighted by molar-refractivity contribution is 6.23. The molecule has 0 aliphatic carbocycles. The molecule has 1 fully saturated rings. The van der Waals surface area contributed by atoms with Crippen LogP contribution in [0, 0.1) is 5.92 Å². The minimum Gasteiger partial charge on any atom is -0.467 e. The molecule has 5 amide bonds. The monoisotopic (exact) mass is 498 g/mol. The quantitative estimate of drug-likeness (QED) is 0.304. The molecule has 0 spiro atoms. The van der Waals surface area contributed by atoms with Gasteiger partial charge in [-0.1, -0.05) is 32.6 Å². The third kappa shape index (κ3) is 5.00. The second-order valence-electron chi connectivity index (χ2n) is 9.08. The van der Waals surface area contributed by atoms with E-state index in [1.165, 1.54) is 31.1 Å². The van der Waals surface area contributed by atoms with Gasteiger partial charge in [0.1, 0.15) is 18.1 Å². The molecule has 0 aromatic heterocycles. The lowest BCUT2D eigenvalue weighted by Crippen LogP contribution is -2.55. The summed E-state index contributed by atoms with van der Waals surface area (Å²) in [6.45, 7) is 8.76. The number of imide groups is 1. The summed E-state index contributed by atoms with van der Waals surface area (Å²) in [4.78, 5) is 78.3. The number of ether oxygens (including phenoxy) is 1. The van der Waals surface area contributed by atoms with Crippen LogP contribution in [0.4, 0.5) is 0 Å². The normalized spacial score (nSPS) is 18.5. The van der Waals surface area contributed by atoms with Crippen LogP contribution in [-0.2, 0) is 23.9 Å². The Bertz CT molecular complexity index is 1090. The first-order chi connectivity index (χ1) is 17.0. The fraction of sp³-hybridized carbons (Fsp3) is 0.440. The van der Waals surface area contributed by atoms with Crippen molar-refractivity contribution < 1.29 is 33.5 Å². The SMILES string of the molecule is C=C(NC(=O)[C@H](C)N1C(=O)c2ccccc2C1=O)C(=O)NC(C(=O)N1CCC[C@H]1C(=O)OC)C(C)C. The molecule has 0 radical (unpaired) electrons. The lowest BCUT2D eigenvalue weighted by atomic mass is 10.0. The second-order valence-corrected chi connectivity index (χ2v) is 9.08. The van der Waals surface area contributed by atoms with Gasteiger partial charge in [0.25, 0.3) is 17.7 Å². The minimum absolute atomic E-state index is 0.198. The van der Waals surface area contributed by atoms with Crippen molar-refractivity contribution in [2.75, 3.05) is 13.7 Å². The highest BCUT2D eigenvalue weighted by Crippen LogP contribution is 2.25. The van der Waals surface area contributed by atoms with Gasteiger partial charge >= 0.3 is 5.97 Å². The molecule has 1 unspecified atom stereocenters. The van der Waals surface area contributed by atoms with Crippen molar-refractivity contribution in [3.05, 3.63) is 47.7 Å². The van der Waals surface area contributed by atoms with Gasteiger partial charge in [0.15, 0.2) is 0 Å². The number of hydrogen-bond donors (Lipinski definition) is 2. The first kappa shape index (κ1) is 26.6. The van der Waals surface area contributed by atoms with Gasteiger partial charge in [-0.25, -0.2) is 4.79 Å².